The number of hydrogen-bond acceptors (Lipinski definition) is 9. The van der Waals surface area contributed by atoms with Crippen LogP contribution in [0.2, 0.25) is 5.02 Å². The number of halogens is 1. The van der Waals surface area contributed by atoms with Gasteiger partial charge in [-0.3, -0.25) is 10.1 Å². The summed E-state index contributed by atoms with van der Waals surface area (Å²) in [5.74, 6) is 0.855. The summed E-state index contributed by atoms with van der Waals surface area (Å²) in [5.41, 5.74) is 0.0838. The molecule has 11 heteroatoms. The van der Waals surface area contributed by atoms with Crippen molar-refractivity contribution in [2.24, 2.45) is 0 Å². The van der Waals surface area contributed by atoms with Crippen LogP contribution in [0, 0.1) is 10.1 Å². The molecule has 0 unspecified atom stereocenters. The third-order valence-corrected chi connectivity index (χ3v) is 3.63. The van der Waals surface area contributed by atoms with E-state index in [1.807, 2.05) is 0 Å². The minimum Gasteiger partial charge on any atom is -0.495 e. The molecule has 0 aliphatic rings. The van der Waals surface area contributed by atoms with Gasteiger partial charge in [-0.2, -0.15) is 0 Å². The van der Waals surface area contributed by atoms with Crippen LogP contribution in [-0.2, 0) is 4.74 Å². The van der Waals surface area contributed by atoms with Gasteiger partial charge in [0.25, 0.3) is 0 Å². The van der Waals surface area contributed by atoms with Gasteiger partial charge >= 0.3 is 5.69 Å². The lowest BCUT2D eigenvalue weighted by Gasteiger charge is -2.14. The van der Waals surface area contributed by atoms with Crippen molar-refractivity contribution in [3.05, 3.63) is 33.6 Å². The number of ether oxygens (including phenoxy) is 3. The maximum absolute atomic E-state index is 11.5. The molecule has 26 heavy (non-hydrogen) atoms. The van der Waals surface area contributed by atoms with Gasteiger partial charge in [0.1, 0.15) is 17.8 Å². The van der Waals surface area contributed by atoms with E-state index in [2.05, 4.69) is 20.6 Å². The number of hydrogen-bond donors (Lipinski definition) is 2. The molecule has 0 bridgehead atoms. The van der Waals surface area contributed by atoms with Crippen molar-refractivity contribution in [1.29, 1.82) is 0 Å². The maximum Gasteiger partial charge on any atom is 0.353 e. The van der Waals surface area contributed by atoms with Crippen molar-refractivity contribution in [2.75, 3.05) is 45.1 Å². The molecule has 140 valence electrons. The highest BCUT2D eigenvalue weighted by Crippen LogP contribution is 2.39. The smallest absolute Gasteiger partial charge is 0.353 e. The second kappa shape index (κ2) is 9.02. The molecule has 1 heterocycles. The predicted octanol–water partition coefficient (Wildman–Crippen LogP) is 2.86. The lowest BCUT2D eigenvalue weighted by atomic mass is 10.2. The van der Waals surface area contributed by atoms with Crippen molar-refractivity contribution >= 4 is 34.6 Å². The van der Waals surface area contributed by atoms with E-state index in [0.717, 1.165) is 0 Å². The molecule has 2 N–H and O–H groups in total. The molecular formula is C15H18ClN5O5. The normalized spacial score (nSPS) is 10.3. The largest absolute Gasteiger partial charge is 0.495 e. The summed E-state index contributed by atoms with van der Waals surface area (Å²) in [6.07, 6.45) is 1.21. The monoisotopic (exact) mass is 383 g/mol. The van der Waals surface area contributed by atoms with Crippen molar-refractivity contribution in [3.8, 4) is 11.5 Å². The summed E-state index contributed by atoms with van der Waals surface area (Å²) >= 11 is 6.13. The van der Waals surface area contributed by atoms with Gasteiger partial charge in [0.05, 0.1) is 36.5 Å². The first-order valence-electron chi connectivity index (χ1n) is 7.42. The summed E-state index contributed by atoms with van der Waals surface area (Å²) in [4.78, 5) is 18.8. The Morgan fingerprint density at radius 1 is 1.15 bits per heavy atom. The Morgan fingerprint density at radius 3 is 2.46 bits per heavy atom. The fraction of sp³-hybridized carbons (Fsp3) is 0.333. The second-order valence-electron chi connectivity index (χ2n) is 4.91. The lowest BCUT2D eigenvalue weighted by Crippen LogP contribution is -2.12. The van der Waals surface area contributed by atoms with Gasteiger partial charge in [0.15, 0.2) is 0 Å². The van der Waals surface area contributed by atoms with Gasteiger partial charge in [0, 0.05) is 19.7 Å². The number of methoxy groups -OCH3 is 3. The second-order valence-corrected chi connectivity index (χ2v) is 5.32. The van der Waals surface area contributed by atoms with E-state index in [1.165, 1.54) is 33.7 Å². The molecule has 1 aromatic carbocycles. The fourth-order valence-electron chi connectivity index (χ4n) is 2.13. The average molecular weight is 384 g/mol. The van der Waals surface area contributed by atoms with Gasteiger partial charge in [-0.15, -0.1) is 0 Å². The fourth-order valence-corrected chi connectivity index (χ4v) is 2.37. The Balaban J connectivity index is 2.41. The third kappa shape index (κ3) is 4.41. The quantitative estimate of drug-likeness (QED) is 0.382. The Labute approximate surface area is 154 Å². The van der Waals surface area contributed by atoms with Crippen LogP contribution in [-0.4, -0.2) is 49.4 Å². The van der Waals surface area contributed by atoms with E-state index in [-0.39, 0.29) is 17.3 Å². The van der Waals surface area contributed by atoms with Crippen molar-refractivity contribution in [2.45, 2.75) is 0 Å². The number of nitrogens with zero attached hydrogens (tertiary/aromatic N) is 3. The van der Waals surface area contributed by atoms with E-state index in [0.29, 0.717) is 35.4 Å². The molecule has 0 fully saturated rings. The maximum atomic E-state index is 11.5. The highest BCUT2D eigenvalue weighted by molar-refractivity contribution is 6.32. The average Bonchev–Trinajstić information content (AvgIpc) is 2.62. The van der Waals surface area contributed by atoms with Crippen molar-refractivity contribution in [3.63, 3.8) is 0 Å². The molecule has 0 atom stereocenters. The summed E-state index contributed by atoms with van der Waals surface area (Å²) in [5, 5.41) is 17.5. The molecule has 0 aliphatic heterocycles. The first-order chi connectivity index (χ1) is 12.5. The van der Waals surface area contributed by atoms with Crippen molar-refractivity contribution < 1.29 is 19.1 Å². The molecule has 0 saturated carbocycles. The zero-order valence-electron chi connectivity index (χ0n) is 14.4. The first-order valence-corrected chi connectivity index (χ1v) is 7.80. The zero-order valence-corrected chi connectivity index (χ0v) is 15.2. The molecule has 0 saturated heterocycles. The van der Waals surface area contributed by atoms with Crippen LogP contribution in [0.15, 0.2) is 18.5 Å². The molecule has 0 spiro atoms. The van der Waals surface area contributed by atoms with Crippen LogP contribution < -0.4 is 20.1 Å². The molecule has 0 aliphatic carbocycles. The number of aromatic nitrogens is 2. The Kier molecular flexibility index (Phi) is 6.75. The number of nitrogens with one attached hydrogen (secondary N) is 2. The van der Waals surface area contributed by atoms with Crippen LogP contribution in [0.25, 0.3) is 0 Å². The number of nitro groups is 1. The molecule has 1 aromatic heterocycles. The van der Waals surface area contributed by atoms with E-state index < -0.39 is 4.92 Å². The molecule has 0 radical (unpaired) electrons. The molecular weight excluding hydrogens is 366 g/mol. The van der Waals surface area contributed by atoms with Crippen molar-refractivity contribution in [1.82, 2.24) is 9.97 Å². The van der Waals surface area contributed by atoms with E-state index >= 15 is 0 Å². The Bertz CT molecular complexity index is 789. The zero-order chi connectivity index (χ0) is 19.1. The minimum atomic E-state index is -0.574. The van der Waals surface area contributed by atoms with Gasteiger partial charge in [-0.25, -0.2) is 9.97 Å². The molecule has 10 nitrogen and oxygen atoms in total. The van der Waals surface area contributed by atoms with Crippen LogP contribution >= 0.6 is 11.6 Å². The van der Waals surface area contributed by atoms with Crippen LogP contribution in [0.1, 0.15) is 0 Å². The standard InChI is InChI=1S/C15H18ClN5O5/c1-24-5-4-17-14-13(21(22)23)15(19-8-18-14)20-10-6-9(16)11(25-2)7-12(10)26-3/h6-8H,4-5H2,1-3H3,(H2,17,18,19,20). The number of rotatable bonds is 9. The first kappa shape index (κ1) is 19.5. The Hall–Kier alpha value is -2.85. The van der Waals surface area contributed by atoms with E-state index in [4.69, 9.17) is 25.8 Å². The van der Waals surface area contributed by atoms with E-state index in [9.17, 15) is 10.1 Å². The highest BCUT2D eigenvalue weighted by atomic mass is 35.5. The third-order valence-electron chi connectivity index (χ3n) is 3.33. The summed E-state index contributed by atoms with van der Waals surface area (Å²) in [6, 6.07) is 3.10. The lowest BCUT2D eigenvalue weighted by molar-refractivity contribution is -0.383. The summed E-state index contributed by atoms with van der Waals surface area (Å²) < 4.78 is 15.3. The predicted molar refractivity (Wildman–Crippen MR) is 96.9 cm³/mol. The summed E-state index contributed by atoms with van der Waals surface area (Å²) in [6.45, 7) is 0.720. The molecule has 0 amide bonds. The van der Waals surface area contributed by atoms with Gasteiger partial charge in [-0.1, -0.05) is 11.6 Å². The van der Waals surface area contributed by atoms with Gasteiger partial charge < -0.3 is 24.8 Å². The Morgan fingerprint density at radius 2 is 1.85 bits per heavy atom. The van der Waals surface area contributed by atoms with E-state index in [1.54, 1.807) is 6.07 Å². The van der Waals surface area contributed by atoms with Gasteiger partial charge in [-0.05, 0) is 6.07 Å². The summed E-state index contributed by atoms with van der Waals surface area (Å²) in [7, 11) is 4.46. The topological polar surface area (TPSA) is 121 Å². The number of benzene rings is 1. The van der Waals surface area contributed by atoms with Crippen LogP contribution in [0.5, 0.6) is 11.5 Å². The molecule has 2 aromatic rings. The van der Waals surface area contributed by atoms with Crippen LogP contribution in [0.3, 0.4) is 0 Å². The molecule has 2 rings (SSSR count). The highest BCUT2D eigenvalue weighted by Gasteiger charge is 2.24. The number of anilines is 3. The SMILES string of the molecule is COCCNc1ncnc(Nc2cc(Cl)c(OC)cc2OC)c1[N+](=O)[O-]. The minimum absolute atomic E-state index is 0.00977. The van der Waals surface area contributed by atoms with Crippen LogP contribution in [0.4, 0.5) is 23.0 Å². The van der Waals surface area contributed by atoms with Gasteiger partial charge in [0.2, 0.25) is 11.6 Å².